The molecule has 2 heterocycles. The van der Waals surface area contributed by atoms with Crippen LogP contribution < -0.4 is 0 Å². The summed E-state index contributed by atoms with van der Waals surface area (Å²) in [5, 5.41) is 20.3. The van der Waals surface area contributed by atoms with Gasteiger partial charge in [0, 0.05) is 38.6 Å². The third kappa shape index (κ3) is 7.91. The maximum absolute atomic E-state index is 11.2. The number of phenols is 1. The second kappa shape index (κ2) is 16.6. The standard InChI is InChI=1S/C47H56N5O.Pt/c1-27(2)35-21-38(29(5)6)44(39(22-35)30(7)8)51-25-42(49-47(51)37-18-13-14-19-43(37)53)33-16-15-17-34(20-33)46-50-48-26-52(46)45-40(31(9)10)23-36(28(3)4)24-41(45)32(11)12;/h13-19,21-32,53H,1-12H3;/q-1;. The minimum atomic E-state index is 0. The van der Waals surface area contributed by atoms with Crippen LogP contribution in [-0.2, 0) is 21.1 Å². The second-order valence-electron chi connectivity index (χ2n) is 16.4. The Balaban J connectivity index is 0.00000561. The van der Waals surface area contributed by atoms with Crippen LogP contribution in [0, 0.1) is 6.07 Å². The van der Waals surface area contributed by atoms with E-state index >= 15 is 0 Å². The van der Waals surface area contributed by atoms with Gasteiger partial charge in [-0.1, -0.05) is 131 Å². The predicted octanol–water partition coefficient (Wildman–Crippen LogP) is 12.7. The van der Waals surface area contributed by atoms with Crippen LogP contribution in [0.3, 0.4) is 0 Å². The first-order valence-electron chi connectivity index (χ1n) is 19.3. The first kappa shape index (κ1) is 40.9. The van der Waals surface area contributed by atoms with Crippen molar-refractivity contribution in [1.29, 1.82) is 0 Å². The molecule has 0 fully saturated rings. The molecule has 0 aliphatic carbocycles. The predicted molar refractivity (Wildman–Crippen MR) is 220 cm³/mol. The number of nitrogens with zero attached hydrogens (tertiary/aromatic N) is 5. The van der Waals surface area contributed by atoms with Gasteiger partial charge in [0.25, 0.3) is 0 Å². The Hall–Kier alpha value is -4.28. The number of para-hydroxylation sites is 1. The molecule has 6 aromatic rings. The molecule has 0 unspecified atom stereocenters. The minimum Gasteiger partial charge on any atom is -0.507 e. The van der Waals surface area contributed by atoms with Gasteiger partial charge in [0.1, 0.15) is 23.7 Å². The van der Waals surface area contributed by atoms with Crippen molar-refractivity contribution in [3.05, 3.63) is 119 Å². The van der Waals surface area contributed by atoms with Gasteiger partial charge in [-0.05, 0) is 81.0 Å². The first-order valence-corrected chi connectivity index (χ1v) is 19.3. The van der Waals surface area contributed by atoms with Crippen LogP contribution >= 0.6 is 0 Å². The summed E-state index contributed by atoms with van der Waals surface area (Å²) in [6.45, 7) is 27.1. The van der Waals surface area contributed by atoms with Crippen LogP contribution in [0.15, 0.2) is 79.3 Å². The summed E-state index contributed by atoms with van der Waals surface area (Å²) in [7, 11) is 0. The number of rotatable bonds is 11. The van der Waals surface area contributed by atoms with Gasteiger partial charge in [-0.25, -0.2) is 0 Å². The number of aromatic hydroxyl groups is 1. The van der Waals surface area contributed by atoms with Gasteiger partial charge in [0.05, 0.1) is 11.3 Å². The SMILES string of the molecule is CC(C)c1cc(C(C)C)c(-n2cnnc2-c2[c-]c(-c3cn(-c4c(C(C)C)cc(C(C)C)cc4C(C)C)c(-c4ccccc4O)n3)ccc2)c(C(C)C)c1.[Pt]. The molecule has 6 nitrogen and oxygen atoms in total. The normalized spacial score (nSPS) is 11.9. The zero-order valence-corrected chi connectivity index (χ0v) is 36.2. The number of imidazole rings is 1. The molecule has 0 saturated carbocycles. The molecule has 0 aliphatic heterocycles. The summed E-state index contributed by atoms with van der Waals surface area (Å²) in [4.78, 5) is 5.28. The van der Waals surface area contributed by atoms with Crippen molar-refractivity contribution in [2.45, 2.75) is 119 Å². The largest absolute Gasteiger partial charge is 0.507 e. The Morgan fingerprint density at radius 3 is 1.52 bits per heavy atom. The topological polar surface area (TPSA) is 68.8 Å². The minimum absolute atomic E-state index is 0. The molecule has 0 radical (unpaired) electrons. The molecule has 0 atom stereocenters. The van der Waals surface area contributed by atoms with E-state index in [1.54, 1.807) is 6.07 Å². The zero-order valence-electron chi connectivity index (χ0n) is 34.0. The van der Waals surface area contributed by atoms with Gasteiger partial charge < -0.3 is 14.2 Å². The third-order valence-electron chi connectivity index (χ3n) is 10.4. The molecule has 0 saturated heterocycles. The van der Waals surface area contributed by atoms with Crippen molar-refractivity contribution in [2.24, 2.45) is 0 Å². The van der Waals surface area contributed by atoms with Crippen molar-refractivity contribution in [2.75, 3.05) is 0 Å². The van der Waals surface area contributed by atoms with Crippen LogP contribution in [0.2, 0.25) is 0 Å². The van der Waals surface area contributed by atoms with Gasteiger partial charge in [0.15, 0.2) is 0 Å². The van der Waals surface area contributed by atoms with Crippen LogP contribution in [0.1, 0.15) is 152 Å². The molecule has 0 spiro atoms. The molecule has 1 N–H and O–H groups in total. The quantitative estimate of drug-likeness (QED) is 0.132. The van der Waals surface area contributed by atoms with E-state index < -0.39 is 0 Å². The van der Waals surface area contributed by atoms with Crippen LogP contribution in [0.5, 0.6) is 5.75 Å². The monoisotopic (exact) mass is 901 g/mol. The maximum Gasteiger partial charge on any atom is 0.140 e. The van der Waals surface area contributed by atoms with E-state index in [9.17, 15) is 5.11 Å². The summed E-state index contributed by atoms with van der Waals surface area (Å²) in [6.07, 6.45) is 3.95. The molecule has 0 bridgehead atoms. The average molecular weight is 902 g/mol. The molecule has 6 rings (SSSR count). The average Bonchev–Trinajstić information content (AvgIpc) is 3.79. The Morgan fingerprint density at radius 2 is 1.04 bits per heavy atom. The Labute approximate surface area is 337 Å². The summed E-state index contributed by atoms with van der Waals surface area (Å²) >= 11 is 0. The molecule has 0 amide bonds. The van der Waals surface area contributed by atoms with Gasteiger partial charge in [-0.15, -0.1) is 29.4 Å². The first-order chi connectivity index (χ1) is 25.2. The van der Waals surface area contributed by atoms with Gasteiger partial charge in [0.2, 0.25) is 0 Å². The van der Waals surface area contributed by atoms with E-state index in [-0.39, 0.29) is 38.7 Å². The third-order valence-corrected chi connectivity index (χ3v) is 10.4. The number of aromatic nitrogens is 5. The van der Waals surface area contributed by atoms with Gasteiger partial charge in [-0.3, -0.25) is 4.98 Å². The van der Waals surface area contributed by atoms with E-state index in [1.807, 2.05) is 30.6 Å². The van der Waals surface area contributed by atoms with E-state index in [0.717, 1.165) is 34.0 Å². The summed E-state index contributed by atoms with van der Waals surface area (Å²) in [6, 6.07) is 26.7. The molecule has 2 aromatic heterocycles. The summed E-state index contributed by atoms with van der Waals surface area (Å²) in [5.41, 5.74) is 13.2. The smallest absolute Gasteiger partial charge is 0.140 e. The van der Waals surface area contributed by atoms with Crippen molar-refractivity contribution >= 4 is 0 Å². The van der Waals surface area contributed by atoms with E-state index in [4.69, 9.17) is 10.1 Å². The van der Waals surface area contributed by atoms with Gasteiger partial charge >= 0.3 is 0 Å². The van der Waals surface area contributed by atoms with Crippen molar-refractivity contribution < 1.29 is 26.2 Å². The maximum atomic E-state index is 11.2. The summed E-state index contributed by atoms with van der Waals surface area (Å²) in [5.74, 6) is 3.60. The van der Waals surface area contributed by atoms with E-state index in [2.05, 4.69) is 146 Å². The fourth-order valence-electron chi connectivity index (χ4n) is 7.26. The van der Waals surface area contributed by atoms with Crippen molar-refractivity contribution in [3.8, 4) is 51.2 Å². The van der Waals surface area contributed by atoms with Crippen LogP contribution in [0.25, 0.3) is 45.4 Å². The Bertz CT molecular complexity index is 2180. The van der Waals surface area contributed by atoms with E-state index in [1.165, 1.54) is 33.4 Å². The van der Waals surface area contributed by atoms with Crippen molar-refractivity contribution in [1.82, 2.24) is 24.3 Å². The molecular formula is C47H56N5OPt-. The van der Waals surface area contributed by atoms with Gasteiger partial charge in [-0.2, -0.15) is 5.10 Å². The Morgan fingerprint density at radius 1 is 0.556 bits per heavy atom. The molecule has 54 heavy (non-hydrogen) atoms. The number of benzene rings is 4. The van der Waals surface area contributed by atoms with Crippen LogP contribution in [-0.4, -0.2) is 29.4 Å². The second-order valence-corrected chi connectivity index (χ2v) is 16.4. The summed E-state index contributed by atoms with van der Waals surface area (Å²) < 4.78 is 4.35. The molecule has 286 valence electrons. The molecular weight excluding hydrogens is 846 g/mol. The van der Waals surface area contributed by atoms with Crippen molar-refractivity contribution in [3.63, 3.8) is 0 Å². The number of phenolic OH excluding ortho intramolecular Hbond substituents is 1. The van der Waals surface area contributed by atoms with E-state index in [0.29, 0.717) is 35.1 Å². The fraction of sp³-hybridized carbons (Fsp3) is 0.383. The molecule has 7 heteroatoms. The van der Waals surface area contributed by atoms with Crippen LogP contribution in [0.4, 0.5) is 0 Å². The zero-order chi connectivity index (χ0) is 38.3. The Kier molecular flexibility index (Phi) is 12.6. The number of hydrogen-bond acceptors (Lipinski definition) is 4. The fourth-order valence-corrected chi connectivity index (χ4v) is 7.26. The number of hydrogen-bond donors (Lipinski definition) is 1. The molecule has 4 aromatic carbocycles. The molecule has 0 aliphatic rings.